The highest BCUT2D eigenvalue weighted by molar-refractivity contribution is 6.02. The van der Waals surface area contributed by atoms with Crippen LogP contribution in [0.5, 0.6) is 0 Å². The highest BCUT2D eigenvalue weighted by Gasteiger charge is 2.36. The Morgan fingerprint density at radius 2 is 2.08 bits per heavy atom. The summed E-state index contributed by atoms with van der Waals surface area (Å²) in [6.45, 7) is 4.48. The van der Waals surface area contributed by atoms with Gasteiger partial charge in [0, 0.05) is 36.8 Å². The number of hydrogen-bond acceptors (Lipinski definition) is 3. The molecule has 1 N–H and O–H groups in total. The zero-order valence-corrected chi connectivity index (χ0v) is 15.0. The van der Waals surface area contributed by atoms with Crippen LogP contribution in [0, 0.1) is 5.92 Å². The minimum absolute atomic E-state index is 0.0434. The first-order valence-corrected chi connectivity index (χ1v) is 9.01. The molecule has 2 aromatic rings. The third-order valence-corrected chi connectivity index (χ3v) is 5.14. The number of carbonyl (C=O) groups is 2. The van der Waals surface area contributed by atoms with E-state index in [9.17, 15) is 9.59 Å². The first-order chi connectivity index (χ1) is 12.5. The number of anilines is 2. The average Bonchev–Trinajstić information content (AvgIpc) is 3.01. The molecule has 4 rings (SSSR count). The summed E-state index contributed by atoms with van der Waals surface area (Å²) in [5.74, 6) is 2.77. The molecule has 2 amide bonds. The molecule has 0 spiro atoms. The molecule has 2 heterocycles. The molecule has 26 heavy (non-hydrogen) atoms. The number of benzene rings is 1. The van der Waals surface area contributed by atoms with Gasteiger partial charge in [-0.1, -0.05) is 6.92 Å². The Bertz CT molecular complexity index is 896. The van der Waals surface area contributed by atoms with Gasteiger partial charge in [-0.2, -0.15) is 0 Å². The standard InChI is InChI=1S/C21H22N2O3/c1-13-11-18(13)20-7-4-17(26-20)5-8-21(25)22-16-3-6-19-15(12-16)9-10-23(19)14(2)24/h3-8,12-13,18H,9-11H2,1-2H3,(H,22,25). The predicted octanol–water partition coefficient (Wildman–Crippen LogP) is 3.96. The van der Waals surface area contributed by atoms with Crippen molar-refractivity contribution in [3.8, 4) is 0 Å². The molecule has 0 bridgehead atoms. The summed E-state index contributed by atoms with van der Waals surface area (Å²) < 4.78 is 5.77. The average molecular weight is 350 g/mol. The van der Waals surface area contributed by atoms with Crippen LogP contribution in [0.2, 0.25) is 0 Å². The van der Waals surface area contributed by atoms with E-state index in [2.05, 4.69) is 12.2 Å². The summed E-state index contributed by atoms with van der Waals surface area (Å²) in [6.07, 6.45) is 5.16. The molecular weight excluding hydrogens is 328 g/mol. The molecule has 5 heteroatoms. The van der Waals surface area contributed by atoms with Crippen molar-refractivity contribution in [2.24, 2.45) is 5.92 Å². The maximum absolute atomic E-state index is 12.2. The van der Waals surface area contributed by atoms with Crippen LogP contribution in [0.15, 0.2) is 40.8 Å². The Morgan fingerprint density at radius 1 is 1.27 bits per heavy atom. The van der Waals surface area contributed by atoms with Gasteiger partial charge in [-0.15, -0.1) is 0 Å². The summed E-state index contributed by atoms with van der Waals surface area (Å²) >= 11 is 0. The fourth-order valence-electron chi connectivity index (χ4n) is 3.52. The summed E-state index contributed by atoms with van der Waals surface area (Å²) in [4.78, 5) is 25.5. The van der Waals surface area contributed by atoms with E-state index in [1.54, 1.807) is 17.9 Å². The van der Waals surface area contributed by atoms with Gasteiger partial charge in [-0.3, -0.25) is 9.59 Å². The monoisotopic (exact) mass is 350 g/mol. The van der Waals surface area contributed by atoms with Crippen LogP contribution >= 0.6 is 0 Å². The third kappa shape index (κ3) is 3.29. The van der Waals surface area contributed by atoms with E-state index in [0.29, 0.717) is 24.1 Å². The first kappa shape index (κ1) is 16.6. The van der Waals surface area contributed by atoms with Gasteiger partial charge in [-0.25, -0.2) is 0 Å². The quantitative estimate of drug-likeness (QED) is 0.849. The van der Waals surface area contributed by atoms with Gasteiger partial charge in [0.25, 0.3) is 0 Å². The van der Waals surface area contributed by atoms with Crippen molar-refractivity contribution in [2.75, 3.05) is 16.8 Å². The normalized spacial score (nSPS) is 21.1. The summed E-state index contributed by atoms with van der Waals surface area (Å²) in [5, 5.41) is 2.86. The second-order valence-electron chi connectivity index (χ2n) is 7.15. The van der Waals surface area contributed by atoms with E-state index >= 15 is 0 Å². The molecule has 2 atom stereocenters. The predicted molar refractivity (Wildman–Crippen MR) is 101 cm³/mol. The SMILES string of the molecule is CC(=O)N1CCc2cc(NC(=O)C=Cc3ccc(C4CC4C)o3)ccc21. The Kier molecular flexibility index (Phi) is 4.15. The van der Waals surface area contributed by atoms with Crippen LogP contribution in [0.4, 0.5) is 11.4 Å². The lowest BCUT2D eigenvalue weighted by atomic mass is 10.1. The number of furan rings is 1. The van der Waals surface area contributed by atoms with Gasteiger partial charge < -0.3 is 14.6 Å². The fraction of sp³-hybridized carbons (Fsp3) is 0.333. The van der Waals surface area contributed by atoms with Gasteiger partial charge in [0.2, 0.25) is 11.8 Å². The van der Waals surface area contributed by atoms with Gasteiger partial charge >= 0.3 is 0 Å². The van der Waals surface area contributed by atoms with Crippen LogP contribution in [0.3, 0.4) is 0 Å². The molecule has 2 aliphatic rings. The molecule has 1 aliphatic heterocycles. The molecule has 5 nitrogen and oxygen atoms in total. The van der Waals surface area contributed by atoms with Crippen LogP contribution in [0.1, 0.15) is 43.3 Å². The van der Waals surface area contributed by atoms with E-state index in [1.807, 2.05) is 30.3 Å². The fourth-order valence-corrected chi connectivity index (χ4v) is 3.52. The minimum Gasteiger partial charge on any atom is -0.461 e. The highest BCUT2D eigenvalue weighted by atomic mass is 16.3. The van der Waals surface area contributed by atoms with Crippen molar-refractivity contribution in [1.82, 2.24) is 0 Å². The second-order valence-corrected chi connectivity index (χ2v) is 7.15. The summed E-state index contributed by atoms with van der Waals surface area (Å²) in [5.41, 5.74) is 2.75. The largest absolute Gasteiger partial charge is 0.461 e. The Balaban J connectivity index is 1.39. The Labute approximate surface area is 152 Å². The lowest BCUT2D eigenvalue weighted by Gasteiger charge is -2.14. The second kappa shape index (κ2) is 6.48. The van der Waals surface area contributed by atoms with Crippen molar-refractivity contribution in [3.63, 3.8) is 0 Å². The number of amides is 2. The van der Waals surface area contributed by atoms with Crippen molar-refractivity contribution in [2.45, 2.75) is 32.6 Å². The van der Waals surface area contributed by atoms with E-state index in [4.69, 9.17) is 4.42 Å². The van der Waals surface area contributed by atoms with E-state index in [0.717, 1.165) is 29.1 Å². The Morgan fingerprint density at radius 3 is 2.81 bits per heavy atom. The summed E-state index contributed by atoms with van der Waals surface area (Å²) in [7, 11) is 0. The van der Waals surface area contributed by atoms with Crippen molar-refractivity contribution >= 4 is 29.3 Å². The van der Waals surface area contributed by atoms with Gasteiger partial charge in [0.1, 0.15) is 11.5 Å². The van der Waals surface area contributed by atoms with Crippen molar-refractivity contribution < 1.29 is 14.0 Å². The number of fused-ring (bicyclic) bond motifs is 1. The van der Waals surface area contributed by atoms with Crippen LogP contribution < -0.4 is 10.2 Å². The molecule has 134 valence electrons. The van der Waals surface area contributed by atoms with E-state index in [1.165, 1.54) is 12.5 Å². The lowest BCUT2D eigenvalue weighted by Crippen LogP contribution is -2.25. The summed E-state index contributed by atoms with van der Waals surface area (Å²) in [6, 6.07) is 9.54. The van der Waals surface area contributed by atoms with Gasteiger partial charge in [0.05, 0.1) is 0 Å². The number of carbonyl (C=O) groups excluding carboxylic acids is 2. The molecule has 1 aliphatic carbocycles. The van der Waals surface area contributed by atoms with Crippen LogP contribution in [0.25, 0.3) is 6.08 Å². The zero-order valence-electron chi connectivity index (χ0n) is 15.0. The molecule has 1 fully saturated rings. The molecular formula is C21H22N2O3. The number of nitrogens with one attached hydrogen (secondary N) is 1. The minimum atomic E-state index is -0.205. The third-order valence-electron chi connectivity index (χ3n) is 5.14. The van der Waals surface area contributed by atoms with Crippen molar-refractivity contribution in [1.29, 1.82) is 0 Å². The number of hydrogen-bond donors (Lipinski definition) is 1. The number of rotatable bonds is 4. The molecule has 1 aromatic heterocycles. The Hall–Kier alpha value is -2.82. The number of nitrogens with zero attached hydrogens (tertiary/aromatic N) is 1. The first-order valence-electron chi connectivity index (χ1n) is 9.01. The van der Waals surface area contributed by atoms with E-state index < -0.39 is 0 Å². The topological polar surface area (TPSA) is 62.6 Å². The molecule has 1 aromatic carbocycles. The van der Waals surface area contributed by atoms with Gasteiger partial charge in [0.15, 0.2) is 0 Å². The van der Waals surface area contributed by atoms with Crippen LogP contribution in [-0.4, -0.2) is 18.4 Å². The maximum atomic E-state index is 12.2. The van der Waals surface area contributed by atoms with E-state index in [-0.39, 0.29) is 11.8 Å². The zero-order chi connectivity index (χ0) is 18.3. The molecule has 1 saturated carbocycles. The van der Waals surface area contributed by atoms with Crippen LogP contribution in [-0.2, 0) is 16.0 Å². The molecule has 2 unspecified atom stereocenters. The smallest absolute Gasteiger partial charge is 0.248 e. The molecule has 0 saturated heterocycles. The molecule has 0 radical (unpaired) electrons. The maximum Gasteiger partial charge on any atom is 0.248 e. The highest BCUT2D eigenvalue weighted by Crippen LogP contribution is 2.47. The van der Waals surface area contributed by atoms with Crippen molar-refractivity contribution in [3.05, 3.63) is 53.5 Å². The van der Waals surface area contributed by atoms with Gasteiger partial charge in [-0.05, 0) is 60.7 Å². The lowest BCUT2D eigenvalue weighted by molar-refractivity contribution is -0.116.